The van der Waals surface area contributed by atoms with E-state index in [1.165, 1.54) is 19.1 Å². The van der Waals surface area contributed by atoms with Crippen LogP contribution in [0.1, 0.15) is 18.5 Å². The van der Waals surface area contributed by atoms with Crippen molar-refractivity contribution in [3.63, 3.8) is 0 Å². The van der Waals surface area contributed by atoms with Gasteiger partial charge in [0.15, 0.2) is 0 Å². The van der Waals surface area contributed by atoms with Crippen LogP contribution in [0.4, 0.5) is 4.39 Å². The first-order chi connectivity index (χ1) is 10.5. The van der Waals surface area contributed by atoms with Gasteiger partial charge in [-0.3, -0.25) is 9.59 Å². The van der Waals surface area contributed by atoms with Gasteiger partial charge < -0.3 is 14.9 Å². The molecule has 0 aliphatic carbocycles. The Morgan fingerprint density at radius 2 is 2.09 bits per heavy atom. The molecule has 0 aromatic heterocycles. The fourth-order valence-corrected chi connectivity index (χ4v) is 3.79. The molecule has 0 radical (unpaired) electrons. The highest BCUT2D eigenvalue weighted by atomic mass is 19.1. The topological polar surface area (TPSA) is 60.9 Å². The largest absolute Gasteiger partial charge is 0.387 e. The maximum atomic E-state index is 13.6. The van der Waals surface area contributed by atoms with Crippen LogP contribution in [-0.2, 0) is 9.59 Å². The first-order valence-corrected chi connectivity index (χ1v) is 7.42. The molecule has 2 aliphatic heterocycles. The van der Waals surface area contributed by atoms with E-state index < -0.39 is 6.61 Å². The lowest BCUT2D eigenvalue weighted by Crippen LogP contribution is -2.37. The summed E-state index contributed by atoms with van der Waals surface area (Å²) in [6.45, 7) is 2.62. The van der Waals surface area contributed by atoms with Gasteiger partial charge in [0.1, 0.15) is 12.4 Å². The molecule has 3 atom stereocenters. The Labute approximate surface area is 128 Å². The number of aliphatic hydroxyl groups is 1. The minimum absolute atomic E-state index is 0.0382. The minimum atomic E-state index is -0.500. The zero-order valence-corrected chi connectivity index (χ0v) is 12.4. The molecule has 2 saturated heterocycles. The first-order valence-electron chi connectivity index (χ1n) is 7.42. The maximum absolute atomic E-state index is 13.6. The average Bonchev–Trinajstić information content (AvgIpc) is 3.03. The Morgan fingerprint density at radius 3 is 2.73 bits per heavy atom. The Balaban J connectivity index is 1.90. The van der Waals surface area contributed by atoms with Crippen molar-refractivity contribution in [2.75, 3.05) is 26.2 Å². The third kappa shape index (κ3) is 2.47. The number of rotatable bonds is 2. The van der Waals surface area contributed by atoms with Crippen LogP contribution >= 0.6 is 0 Å². The predicted molar refractivity (Wildman–Crippen MR) is 77.2 cm³/mol. The van der Waals surface area contributed by atoms with Crippen molar-refractivity contribution in [3.8, 4) is 0 Å². The van der Waals surface area contributed by atoms with E-state index >= 15 is 0 Å². The van der Waals surface area contributed by atoms with Gasteiger partial charge in [-0.25, -0.2) is 4.39 Å². The number of carbonyl (C=O) groups excluding carboxylic acids is 2. The fraction of sp³-hybridized carbons (Fsp3) is 0.500. The molecule has 0 saturated carbocycles. The van der Waals surface area contributed by atoms with E-state index in [1.54, 1.807) is 15.9 Å². The number of amides is 2. The van der Waals surface area contributed by atoms with E-state index in [9.17, 15) is 14.0 Å². The second-order valence-corrected chi connectivity index (χ2v) is 6.05. The van der Waals surface area contributed by atoms with Crippen molar-refractivity contribution in [2.45, 2.75) is 13.0 Å². The summed E-state index contributed by atoms with van der Waals surface area (Å²) in [5.74, 6) is -0.398. The summed E-state index contributed by atoms with van der Waals surface area (Å²) in [6.07, 6.45) is 0. The SMILES string of the molecule is CC(=O)N1C[C@H]2CN(C(=O)CO)C[C@H]2[C@H]1c1cccc(F)c1. The lowest BCUT2D eigenvalue weighted by Gasteiger charge is -2.29. The molecule has 2 heterocycles. The average molecular weight is 306 g/mol. The number of hydrogen-bond acceptors (Lipinski definition) is 3. The molecule has 1 aromatic carbocycles. The van der Waals surface area contributed by atoms with Gasteiger partial charge in [0.05, 0.1) is 6.04 Å². The lowest BCUT2D eigenvalue weighted by atomic mass is 9.89. The number of likely N-dealkylation sites (tertiary alicyclic amines) is 2. The molecule has 0 unspecified atom stereocenters. The monoisotopic (exact) mass is 306 g/mol. The molecule has 1 aromatic rings. The van der Waals surface area contributed by atoms with Gasteiger partial charge in [-0.1, -0.05) is 12.1 Å². The summed E-state index contributed by atoms with van der Waals surface area (Å²) in [7, 11) is 0. The van der Waals surface area contributed by atoms with Gasteiger partial charge >= 0.3 is 0 Å². The van der Waals surface area contributed by atoms with Crippen molar-refractivity contribution < 1.29 is 19.1 Å². The van der Waals surface area contributed by atoms with E-state index in [4.69, 9.17) is 5.11 Å². The Bertz CT molecular complexity index is 607. The van der Waals surface area contributed by atoms with Gasteiger partial charge in [0.25, 0.3) is 0 Å². The van der Waals surface area contributed by atoms with E-state index in [0.717, 1.165) is 5.56 Å². The van der Waals surface area contributed by atoms with Crippen LogP contribution in [0.2, 0.25) is 0 Å². The molecular formula is C16H19FN2O3. The number of halogens is 1. The molecule has 2 aliphatic rings. The zero-order valence-electron chi connectivity index (χ0n) is 12.4. The lowest BCUT2D eigenvalue weighted by molar-refractivity contribution is -0.134. The van der Waals surface area contributed by atoms with Gasteiger partial charge in [0.2, 0.25) is 11.8 Å². The summed E-state index contributed by atoms with van der Waals surface area (Å²) in [5.41, 5.74) is 0.765. The number of carbonyl (C=O) groups is 2. The molecule has 2 amide bonds. The Kier molecular flexibility index (Phi) is 3.87. The summed E-state index contributed by atoms with van der Waals surface area (Å²) in [4.78, 5) is 27.0. The summed E-state index contributed by atoms with van der Waals surface area (Å²) >= 11 is 0. The molecule has 1 N–H and O–H groups in total. The Morgan fingerprint density at radius 1 is 1.32 bits per heavy atom. The molecule has 0 spiro atoms. The highest BCUT2D eigenvalue weighted by Gasteiger charge is 2.49. The minimum Gasteiger partial charge on any atom is -0.387 e. The van der Waals surface area contributed by atoms with E-state index in [2.05, 4.69) is 0 Å². The van der Waals surface area contributed by atoms with Crippen LogP contribution in [0, 0.1) is 17.7 Å². The second kappa shape index (κ2) is 5.68. The van der Waals surface area contributed by atoms with Crippen LogP contribution in [0.5, 0.6) is 0 Å². The van der Waals surface area contributed by atoms with E-state index in [-0.39, 0.29) is 35.5 Å². The van der Waals surface area contributed by atoms with Crippen LogP contribution in [0.3, 0.4) is 0 Å². The van der Waals surface area contributed by atoms with E-state index in [1.807, 2.05) is 6.07 Å². The molecule has 5 nitrogen and oxygen atoms in total. The van der Waals surface area contributed by atoms with Crippen LogP contribution in [-0.4, -0.2) is 53.0 Å². The molecular weight excluding hydrogens is 287 g/mol. The quantitative estimate of drug-likeness (QED) is 0.879. The third-order valence-electron chi connectivity index (χ3n) is 4.75. The number of fused-ring (bicyclic) bond motifs is 1. The van der Waals surface area contributed by atoms with Crippen molar-refractivity contribution in [2.24, 2.45) is 11.8 Å². The molecule has 3 rings (SSSR count). The molecule has 2 fully saturated rings. The van der Waals surface area contributed by atoms with Crippen molar-refractivity contribution >= 4 is 11.8 Å². The summed E-state index contributed by atoms with van der Waals surface area (Å²) in [6, 6.07) is 6.09. The molecule has 0 bridgehead atoms. The van der Waals surface area contributed by atoms with Crippen LogP contribution in [0.15, 0.2) is 24.3 Å². The van der Waals surface area contributed by atoms with Gasteiger partial charge in [-0.2, -0.15) is 0 Å². The predicted octanol–water partition coefficient (Wildman–Crippen LogP) is 0.796. The van der Waals surface area contributed by atoms with Crippen LogP contribution in [0.25, 0.3) is 0 Å². The number of hydrogen-bond donors (Lipinski definition) is 1. The maximum Gasteiger partial charge on any atom is 0.248 e. The molecule has 22 heavy (non-hydrogen) atoms. The van der Waals surface area contributed by atoms with Gasteiger partial charge in [-0.05, 0) is 17.7 Å². The standard InChI is InChI=1S/C16H19FN2O3/c1-10(21)19-7-12-6-18(15(22)9-20)8-14(12)16(19)11-3-2-4-13(17)5-11/h2-5,12,14,16,20H,6-9H2,1H3/t12-,14-,16-/m1/s1. The zero-order chi connectivity index (χ0) is 15.9. The number of nitrogens with zero attached hydrogens (tertiary/aromatic N) is 2. The third-order valence-corrected chi connectivity index (χ3v) is 4.75. The van der Waals surface area contributed by atoms with Gasteiger partial charge in [-0.15, -0.1) is 0 Å². The smallest absolute Gasteiger partial charge is 0.248 e. The highest BCUT2D eigenvalue weighted by Crippen LogP contribution is 2.45. The Hall–Kier alpha value is -1.95. The van der Waals surface area contributed by atoms with Crippen LogP contribution < -0.4 is 0 Å². The molecule has 6 heteroatoms. The van der Waals surface area contributed by atoms with Crippen molar-refractivity contribution in [1.82, 2.24) is 9.80 Å². The highest BCUT2D eigenvalue weighted by molar-refractivity contribution is 5.78. The first kappa shape index (κ1) is 15.0. The summed E-state index contributed by atoms with van der Waals surface area (Å²) < 4.78 is 13.6. The number of benzene rings is 1. The summed E-state index contributed by atoms with van der Waals surface area (Å²) in [5, 5.41) is 9.01. The van der Waals surface area contributed by atoms with Gasteiger partial charge in [0, 0.05) is 38.4 Å². The van der Waals surface area contributed by atoms with Crippen molar-refractivity contribution in [1.29, 1.82) is 0 Å². The van der Waals surface area contributed by atoms with E-state index in [0.29, 0.717) is 19.6 Å². The second-order valence-electron chi connectivity index (χ2n) is 6.05. The van der Waals surface area contributed by atoms with Crippen molar-refractivity contribution in [3.05, 3.63) is 35.6 Å². The molecule has 118 valence electrons. The number of aliphatic hydroxyl groups excluding tert-OH is 1. The normalized spacial score (nSPS) is 27.1. The fourth-order valence-electron chi connectivity index (χ4n) is 3.79.